The summed E-state index contributed by atoms with van der Waals surface area (Å²) in [6.45, 7) is 7.98. The van der Waals surface area contributed by atoms with Crippen molar-refractivity contribution >= 4 is 17.5 Å². The SMILES string of the molecule is COc1cc(NC(=O)C(C)(C)C)c(C(=O)NCC2CCCNC2)cc1OC. The average Bonchev–Trinajstić information content (AvgIpc) is 2.65. The Morgan fingerprint density at radius 2 is 1.85 bits per heavy atom. The molecule has 1 heterocycles. The molecule has 1 aliphatic heterocycles. The van der Waals surface area contributed by atoms with Crippen LogP contribution in [0.5, 0.6) is 11.5 Å². The third-order valence-corrected chi connectivity index (χ3v) is 4.65. The van der Waals surface area contributed by atoms with E-state index in [-0.39, 0.29) is 11.8 Å². The normalized spacial score (nSPS) is 17.1. The summed E-state index contributed by atoms with van der Waals surface area (Å²) in [5.41, 5.74) is 0.176. The van der Waals surface area contributed by atoms with Crippen molar-refractivity contribution in [3.63, 3.8) is 0 Å². The lowest BCUT2D eigenvalue weighted by Gasteiger charge is -2.24. The molecule has 7 heteroatoms. The number of benzene rings is 1. The fraction of sp³-hybridized carbons (Fsp3) is 0.600. The van der Waals surface area contributed by atoms with Crippen molar-refractivity contribution < 1.29 is 19.1 Å². The Labute approximate surface area is 161 Å². The number of carbonyl (C=O) groups excluding carboxylic acids is 2. The fourth-order valence-corrected chi connectivity index (χ4v) is 2.91. The number of piperidine rings is 1. The Kier molecular flexibility index (Phi) is 7.07. The van der Waals surface area contributed by atoms with Crippen molar-refractivity contribution in [1.29, 1.82) is 0 Å². The van der Waals surface area contributed by atoms with Gasteiger partial charge in [0.25, 0.3) is 5.91 Å². The Bertz CT molecular complexity index is 677. The van der Waals surface area contributed by atoms with Gasteiger partial charge in [-0.2, -0.15) is 0 Å². The summed E-state index contributed by atoms with van der Waals surface area (Å²) in [5, 5.41) is 9.17. The summed E-state index contributed by atoms with van der Waals surface area (Å²) < 4.78 is 10.6. The van der Waals surface area contributed by atoms with Gasteiger partial charge in [-0.05, 0) is 37.9 Å². The van der Waals surface area contributed by atoms with E-state index in [1.807, 2.05) is 20.8 Å². The molecule has 0 aliphatic carbocycles. The quantitative estimate of drug-likeness (QED) is 0.709. The molecule has 7 nitrogen and oxygen atoms in total. The summed E-state index contributed by atoms with van der Waals surface area (Å²) >= 11 is 0. The number of hydrogen-bond acceptors (Lipinski definition) is 5. The standard InChI is InChI=1S/C20H31N3O4/c1-20(2,3)19(25)23-15-10-17(27-5)16(26-4)9-14(15)18(24)22-12-13-7-6-8-21-11-13/h9-10,13,21H,6-8,11-12H2,1-5H3,(H,22,24)(H,23,25). The first kappa shape index (κ1) is 21.0. The second kappa shape index (κ2) is 9.08. The summed E-state index contributed by atoms with van der Waals surface area (Å²) in [6.07, 6.45) is 2.20. The van der Waals surface area contributed by atoms with E-state index < -0.39 is 5.41 Å². The highest BCUT2D eigenvalue weighted by Crippen LogP contribution is 2.34. The number of rotatable bonds is 6. The molecule has 1 atom stereocenters. The van der Waals surface area contributed by atoms with Crippen molar-refractivity contribution in [1.82, 2.24) is 10.6 Å². The highest BCUT2D eigenvalue weighted by molar-refractivity contribution is 6.05. The smallest absolute Gasteiger partial charge is 0.253 e. The lowest BCUT2D eigenvalue weighted by Crippen LogP contribution is -2.38. The zero-order chi connectivity index (χ0) is 20.0. The predicted molar refractivity (Wildman–Crippen MR) is 106 cm³/mol. The third-order valence-electron chi connectivity index (χ3n) is 4.65. The van der Waals surface area contributed by atoms with E-state index in [1.54, 1.807) is 12.1 Å². The molecule has 3 N–H and O–H groups in total. The van der Waals surface area contributed by atoms with Crippen LogP contribution in [0.15, 0.2) is 12.1 Å². The van der Waals surface area contributed by atoms with Crippen LogP contribution in [-0.4, -0.2) is 45.7 Å². The first-order chi connectivity index (χ1) is 12.8. The van der Waals surface area contributed by atoms with Crippen molar-refractivity contribution in [3.8, 4) is 11.5 Å². The Morgan fingerprint density at radius 3 is 2.41 bits per heavy atom. The lowest BCUT2D eigenvalue weighted by atomic mass is 9.95. The van der Waals surface area contributed by atoms with E-state index in [1.165, 1.54) is 14.2 Å². The minimum absolute atomic E-state index is 0.180. The van der Waals surface area contributed by atoms with Gasteiger partial charge in [-0.15, -0.1) is 0 Å². The predicted octanol–water partition coefficient (Wildman–Crippen LogP) is 2.42. The molecule has 1 saturated heterocycles. The minimum atomic E-state index is -0.589. The van der Waals surface area contributed by atoms with Crippen LogP contribution in [-0.2, 0) is 4.79 Å². The van der Waals surface area contributed by atoms with Crippen LogP contribution in [0, 0.1) is 11.3 Å². The van der Waals surface area contributed by atoms with Crippen LogP contribution < -0.4 is 25.4 Å². The second-order valence-electron chi connectivity index (χ2n) is 7.88. The van der Waals surface area contributed by atoms with Crippen molar-refractivity contribution in [2.24, 2.45) is 11.3 Å². The first-order valence-electron chi connectivity index (χ1n) is 9.32. The van der Waals surface area contributed by atoms with Gasteiger partial charge in [0.05, 0.1) is 25.5 Å². The second-order valence-corrected chi connectivity index (χ2v) is 7.88. The van der Waals surface area contributed by atoms with Crippen LogP contribution in [0.4, 0.5) is 5.69 Å². The summed E-state index contributed by atoms with van der Waals surface area (Å²) in [6, 6.07) is 3.23. The average molecular weight is 377 g/mol. The summed E-state index contributed by atoms with van der Waals surface area (Å²) in [4.78, 5) is 25.3. The maximum Gasteiger partial charge on any atom is 0.253 e. The number of methoxy groups -OCH3 is 2. The molecular weight excluding hydrogens is 346 g/mol. The number of hydrogen-bond donors (Lipinski definition) is 3. The number of nitrogens with one attached hydrogen (secondary N) is 3. The van der Waals surface area contributed by atoms with Crippen molar-refractivity contribution in [2.45, 2.75) is 33.6 Å². The summed E-state index contributed by atoms with van der Waals surface area (Å²) in [7, 11) is 3.03. The molecule has 1 aromatic rings. The molecule has 1 fully saturated rings. The maximum absolute atomic E-state index is 12.8. The van der Waals surface area contributed by atoms with Gasteiger partial charge < -0.3 is 25.4 Å². The van der Waals surface area contributed by atoms with E-state index in [0.717, 1.165) is 25.9 Å². The van der Waals surface area contributed by atoms with Gasteiger partial charge in [0.15, 0.2) is 11.5 Å². The molecule has 1 unspecified atom stereocenters. The number of anilines is 1. The van der Waals surface area contributed by atoms with Gasteiger partial charge in [-0.25, -0.2) is 0 Å². The number of amides is 2. The number of ether oxygens (including phenoxy) is 2. The molecule has 150 valence electrons. The molecular formula is C20H31N3O4. The molecule has 2 amide bonds. The molecule has 0 saturated carbocycles. The van der Waals surface area contributed by atoms with E-state index >= 15 is 0 Å². The van der Waals surface area contributed by atoms with Crippen LogP contribution in [0.25, 0.3) is 0 Å². The van der Waals surface area contributed by atoms with Gasteiger partial charge >= 0.3 is 0 Å². The van der Waals surface area contributed by atoms with E-state index in [4.69, 9.17) is 9.47 Å². The van der Waals surface area contributed by atoms with E-state index in [2.05, 4.69) is 16.0 Å². The zero-order valence-electron chi connectivity index (χ0n) is 16.9. The molecule has 0 spiro atoms. The van der Waals surface area contributed by atoms with E-state index in [0.29, 0.717) is 35.2 Å². The first-order valence-corrected chi connectivity index (χ1v) is 9.32. The highest BCUT2D eigenvalue weighted by Gasteiger charge is 2.25. The van der Waals surface area contributed by atoms with Gasteiger partial charge in [-0.3, -0.25) is 9.59 Å². The van der Waals surface area contributed by atoms with Gasteiger partial charge in [0.1, 0.15) is 0 Å². The van der Waals surface area contributed by atoms with Crippen molar-refractivity contribution in [2.75, 3.05) is 39.2 Å². The molecule has 0 radical (unpaired) electrons. The highest BCUT2D eigenvalue weighted by atomic mass is 16.5. The topological polar surface area (TPSA) is 88.7 Å². The van der Waals surface area contributed by atoms with Gasteiger partial charge in [0.2, 0.25) is 5.91 Å². The monoisotopic (exact) mass is 377 g/mol. The zero-order valence-corrected chi connectivity index (χ0v) is 16.9. The molecule has 1 aliphatic rings. The van der Waals surface area contributed by atoms with Gasteiger partial charge in [0, 0.05) is 18.0 Å². The molecule has 2 rings (SSSR count). The van der Waals surface area contributed by atoms with Crippen LogP contribution in [0.3, 0.4) is 0 Å². The van der Waals surface area contributed by atoms with Crippen LogP contribution >= 0.6 is 0 Å². The molecule has 0 bridgehead atoms. The maximum atomic E-state index is 12.8. The van der Waals surface area contributed by atoms with Crippen molar-refractivity contribution in [3.05, 3.63) is 17.7 Å². The third kappa shape index (κ3) is 5.60. The molecule has 1 aromatic carbocycles. The lowest BCUT2D eigenvalue weighted by molar-refractivity contribution is -0.123. The van der Waals surface area contributed by atoms with E-state index in [9.17, 15) is 9.59 Å². The number of carbonyl (C=O) groups is 2. The Morgan fingerprint density at radius 1 is 1.19 bits per heavy atom. The Balaban J connectivity index is 2.24. The minimum Gasteiger partial charge on any atom is -0.493 e. The fourth-order valence-electron chi connectivity index (χ4n) is 2.91. The van der Waals surface area contributed by atoms with Gasteiger partial charge in [-0.1, -0.05) is 20.8 Å². The molecule has 27 heavy (non-hydrogen) atoms. The Hall–Kier alpha value is -2.28. The van der Waals surface area contributed by atoms with Crippen LogP contribution in [0.1, 0.15) is 44.0 Å². The van der Waals surface area contributed by atoms with Crippen LogP contribution in [0.2, 0.25) is 0 Å². The largest absolute Gasteiger partial charge is 0.493 e. The molecule has 0 aromatic heterocycles. The summed E-state index contributed by atoms with van der Waals surface area (Å²) in [5.74, 6) is 0.881.